The summed E-state index contributed by atoms with van der Waals surface area (Å²) < 4.78 is 19.1. The highest BCUT2D eigenvalue weighted by Gasteiger charge is 2.22. The van der Waals surface area contributed by atoms with Crippen LogP contribution in [0.3, 0.4) is 0 Å². The smallest absolute Gasteiger partial charge is 0.123 e. The molecule has 1 atom stereocenters. The Balaban J connectivity index is 1.60. The number of hydrogen-bond acceptors (Lipinski definition) is 4. The van der Waals surface area contributed by atoms with E-state index < -0.39 is 0 Å². The van der Waals surface area contributed by atoms with E-state index in [0.717, 1.165) is 49.7 Å². The lowest BCUT2D eigenvalue weighted by Crippen LogP contribution is -2.47. The lowest BCUT2D eigenvalue weighted by molar-refractivity contribution is 0.191. The Labute approximate surface area is 180 Å². The predicted octanol–water partition coefficient (Wildman–Crippen LogP) is 4.68. The first-order chi connectivity index (χ1) is 14.5. The monoisotopic (exact) mass is 411 g/mol. The third-order valence-electron chi connectivity index (χ3n) is 5.33. The number of ether oxygens (including phenoxy) is 1. The molecule has 1 saturated heterocycles. The van der Waals surface area contributed by atoms with Gasteiger partial charge in [0, 0.05) is 25.7 Å². The molecule has 0 saturated carbocycles. The summed E-state index contributed by atoms with van der Waals surface area (Å²) in [5.41, 5.74) is 2.26. The molecule has 4 nitrogen and oxygen atoms in total. The largest absolute Gasteiger partial charge is 0.493 e. The van der Waals surface area contributed by atoms with Crippen molar-refractivity contribution >= 4 is 0 Å². The Hall–Kier alpha value is -2.53. The van der Waals surface area contributed by atoms with E-state index in [1.807, 2.05) is 24.3 Å². The predicted molar refractivity (Wildman–Crippen MR) is 121 cm³/mol. The minimum atomic E-state index is -0.206. The van der Waals surface area contributed by atoms with Crippen LogP contribution in [0.25, 0.3) is 0 Å². The summed E-state index contributed by atoms with van der Waals surface area (Å²) in [4.78, 5) is 2.31. The molecular formula is C25H34FN3O. The average Bonchev–Trinajstić information content (AvgIpc) is 2.77. The van der Waals surface area contributed by atoms with Gasteiger partial charge in [-0.05, 0) is 60.7 Å². The second-order valence-corrected chi connectivity index (χ2v) is 8.40. The summed E-state index contributed by atoms with van der Waals surface area (Å²) in [5.74, 6) is 2.10. The van der Waals surface area contributed by atoms with E-state index in [0.29, 0.717) is 25.0 Å². The van der Waals surface area contributed by atoms with Crippen molar-refractivity contribution in [2.75, 3.05) is 19.7 Å². The highest BCUT2D eigenvalue weighted by atomic mass is 19.1. The van der Waals surface area contributed by atoms with Crippen molar-refractivity contribution < 1.29 is 9.13 Å². The van der Waals surface area contributed by atoms with Gasteiger partial charge in [0.05, 0.1) is 12.4 Å². The molecule has 2 aromatic rings. The molecule has 0 aliphatic carbocycles. The van der Waals surface area contributed by atoms with E-state index in [4.69, 9.17) is 4.74 Å². The van der Waals surface area contributed by atoms with Crippen LogP contribution in [0.5, 0.6) is 5.75 Å². The van der Waals surface area contributed by atoms with Gasteiger partial charge in [0.2, 0.25) is 0 Å². The SMILES string of the molecule is C=C(NCc1ccc(OCC(C)C)cc1)N(Cc1ccc(F)cc1)[C@@H]1CCCNC1. The van der Waals surface area contributed by atoms with E-state index in [9.17, 15) is 4.39 Å². The first-order valence-corrected chi connectivity index (χ1v) is 10.9. The molecule has 0 bridgehead atoms. The number of nitrogens with one attached hydrogen (secondary N) is 2. The Morgan fingerprint density at radius 2 is 1.87 bits per heavy atom. The van der Waals surface area contributed by atoms with Crippen molar-refractivity contribution in [2.24, 2.45) is 5.92 Å². The molecule has 30 heavy (non-hydrogen) atoms. The van der Waals surface area contributed by atoms with Crippen molar-refractivity contribution in [3.8, 4) is 5.75 Å². The summed E-state index contributed by atoms with van der Waals surface area (Å²) in [7, 11) is 0. The fraction of sp³-hybridized carbons (Fsp3) is 0.440. The van der Waals surface area contributed by atoms with Crippen LogP contribution in [-0.4, -0.2) is 30.6 Å². The summed E-state index contributed by atoms with van der Waals surface area (Å²) in [6.45, 7) is 12.7. The van der Waals surface area contributed by atoms with E-state index in [1.54, 1.807) is 0 Å². The number of benzene rings is 2. The van der Waals surface area contributed by atoms with Gasteiger partial charge in [0.1, 0.15) is 11.6 Å². The zero-order chi connectivity index (χ0) is 21.3. The van der Waals surface area contributed by atoms with E-state index in [-0.39, 0.29) is 5.82 Å². The fourth-order valence-corrected chi connectivity index (χ4v) is 3.60. The summed E-state index contributed by atoms with van der Waals surface area (Å²) in [5, 5.41) is 6.97. The van der Waals surface area contributed by atoms with Crippen LogP contribution in [-0.2, 0) is 13.1 Å². The molecule has 1 heterocycles. The van der Waals surface area contributed by atoms with Gasteiger partial charge in [-0.3, -0.25) is 0 Å². The van der Waals surface area contributed by atoms with E-state index in [2.05, 4.69) is 48.1 Å². The molecule has 0 aromatic heterocycles. The fourth-order valence-electron chi connectivity index (χ4n) is 3.60. The van der Waals surface area contributed by atoms with Gasteiger partial charge in [-0.15, -0.1) is 0 Å². The third kappa shape index (κ3) is 6.77. The van der Waals surface area contributed by atoms with Crippen LogP contribution >= 0.6 is 0 Å². The summed E-state index contributed by atoms with van der Waals surface area (Å²) >= 11 is 0. The maximum atomic E-state index is 13.3. The molecule has 1 fully saturated rings. The second kappa shape index (κ2) is 11.0. The van der Waals surface area contributed by atoms with Gasteiger partial charge in [-0.2, -0.15) is 0 Å². The molecule has 2 aromatic carbocycles. The van der Waals surface area contributed by atoms with Gasteiger partial charge in [0.25, 0.3) is 0 Å². The highest BCUT2D eigenvalue weighted by molar-refractivity contribution is 5.27. The molecule has 0 spiro atoms. The number of halogens is 1. The molecule has 2 N–H and O–H groups in total. The Kier molecular flexibility index (Phi) is 8.14. The molecule has 0 unspecified atom stereocenters. The Morgan fingerprint density at radius 1 is 1.17 bits per heavy atom. The van der Waals surface area contributed by atoms with Crippen LogP contribution in [0.15, 0.2) is 60.9 Å². The number of rotatable bonds is 10. The number of nitrogens with zero attached hydrogens (tertiary/aromatic N) is 1. The minimum Gasteiger partial charge on any atom is -0.493 e. The molecule has 0 radical (unpaired) electrons. The molecule has 0 amide bonds. The van der Waals surface area contributed by atoms with Crippen LogP contribution < -0.4 is 15.4 Å². The lowest BCUT2D eigenvalue weighted by Gasteiger charge is -2.38. The molecule has 5 heteroatoms. The zero-order valence-corrected chi connectivity index (χ0v) is 18.2. The van der Waals surface area contributed by atoms with Gasteiger partial charge >= 0.3 is 0 Å². The second-order valence-electron chi connectivity index (χ2n) is 8.40. The maximum absolute atomic E-state index is 13.3. The summed E-state index contributed by atoms with van der Waals surface area (Å²) in [6.07, 6.45) is 2.27. The Bertz CT molecular complexity index is 783. The van der Waals surface area contributed by atoms with Crippen LogP contribution in [0, 0.1) is 11.7 Å². The Morgan fingerprint density at radius 3 is 2.50 bits per heavy atom. The highest BCUT2D eigenvalue weighted by Crippen LogP contribution is 2.19. The molecule has 1 aliphatic heterocycles. The minimum absolute atomic E-state index is 0.206. The van der Waals surface area contributed by atoms with Gasteiger partial charge < -0.3 is 20.3 Å². The topological polar surface area (TPSA) is 36.5 Å². The van der Waals surface area contributed by atoms with Crippen molar-refractivity contribution in [3.05, 3.63) is 77.9 Å². The van der Waals surface area contributed by atoms with Gasteiger partial charge in [-0.25, -0.2) is 4.39 Å². The summed E-state index contributed by atoms with van der Waals surface area (Å²) in [6, 6.07) is 15.3. The standard InChI is InChI=1S/C25H34FN3O/c1-19(2)18-30-25-12-8-21(9-13-25)15-28-20(3)29(24-5-4-14-27-16-24)17-22-6-10-23(26)11-7-22/h6-13,19,24,27-28H,3-5,14-18H2,1-2H3/t24-/m1/s1. The van der Waals surface area contributed by atoms with Crippen LogP contribution in [0.2, 0.25) is 0 Å². The quantitative estimate of drug-likeness (QED) is 0.595. The van der Waals surface area contributed by atoms with E-state index >= 15 is 0 Å². The van der Waals surface area contributed by atoms with Crippen molar-refractivity contribution in [2.45, 2.75) is 45.8 Å². The van der Waals surface area contributed by atoms with Crippen LogP contribution in [0.1, 0.15) is 37.8 Å². The normalized spacial score (nSPS) is 16.3. The lowest BCUT2D eigenvalue weighted by atomic mass is 10.0. The molecule has 162 valence electrons. The van der Waals surface area contributed by atoms with Crippen molar-refractivity contribution in [1.82, 2.24) is 15.5 Å². The molecular weight excluding hydrogens is 377 g/mol. The number of hydrogen-bond donors (Lipinski definition) is 2. The zero-order valence-electron chi connectivity index (χ0n) is 18.2. The average molecular weight is 412 g/mol. The first kappa shape index (κ1) is 22.2. The first-order valence-electron chi connectivity index (χ1n) is 10.9. The van der Waals surface area contributed by atoms with Crippen LogP contribution in [0.4, 0.5) is 4.39 Å². The van der Waals surface area contributed by atoms with E-state index in [1.165, 1.54) is 17.7 Å². The van der Waals surface area contributed by atoms with Gasteiger partial charge in [0.15, 0.2) is 0 Å². The molecule has 3 rings (SSSR count). The molecule has 1 aliphatic rings. The van der Waals surface area contributed by atoms with Crippen molar-refractivity contribution in [3.63, 3.8) is 0 Å². The van der Waals surface area contributed by atoms with Crippen molar-refractivity contribution in [1.29, 1.82) is 0 Å². The van der Waals surface area contributed by atoms with Gasteiger partial charge in [-0.1, -0.05) is 44.7 Å². The third-order valence-corrected chi connectivity index (χ3v) is 5.33. The number of piperidine rings is 1. The maximum Gasteiger partial charge on any atom is 0.123 e.